The van der Waals surface area contributed by atoms with Crippen LogP contribution in [0.1, 0.15) is 26.5 Å². The number of halogens is 3. The first-order valence-corrected chi connectivity index (χ1v) is 9.77. The predicted octanol–water partition coefficient (Wildman–Crippen LogP) is 3.62. The number of hydrogen-bond donors (Lipinski definition) is 0. The smallest absolute Gasteiger partial charge is 0.433 e. The Balaban J connectivity index is 2.08. The molecule has 3 rings (SSSR count). The first-order chi connectivity index (χ1) is 13.5. The van der Waals surface area contributed by atoms with E-state index in [-0.39, 0.29) is 28.5 Å². The molecule has 3 heterocycles. The molecule has 0 fully saturated rings. The van der Waals surface area contributed by atoms with E-state index in [0.29, 0.717) is 4.90 Å². The molecule has 1 atom stereocenters. The van der Waals surface area contributed by atoms with Crippen LogP contribution in [0.3, 0.4) is 0 Å². The summed E-state index contributed by atoms with van der Waals surface area (Å²) < 4.78 is 58.1. The molecular formula is C18H16F3N5O2S. The van der Waals surface area contributed by atoms with Crippen LogP contribution in [0.4, 0.5) is 13.2 Å². The molecule has 0 amide bonds. The Morgan fingerprint density at radius 1 is 1.28 bits per heavy atom. The molecule has 1 unspecified atom stereocenters. The van der Waals surface area contributed by atoms with Crippen LogP contribution in [0.15, 0.2) is 35.7 Å². The standard InChI is InChI=1S/C18H16F3N5O2S/c1-4-29(27)13-5-11(28-17(2,3)9-22)7-23-16(13)12-8-26-10-24-14(18(19,20)21)6-15(26)25-12/h5-8,10H,4H2,1-3H3. The third-order valence-electron chi connectivity index (χ3n) is 3.86. The highest BCUT2D eigenvalue weighted by atomic mass is 32.2. The van der Waals surface area contributed by atoms with E-state index in [1.165, 1.54) is 22.9 Å². The Labute approximate surface area is 167 Å². The van der Waals surface area contributed by atoms with Gasteiger partial charge in [0.2, 0.25) is 0 Å². The van der Waals surface area contributed by atoms with Crippen molar-refractivity contribution in [1.82, 2.24) is 19.4 Å². The molecular weight excluding hydrogens is 407 g/mol. The Kier molecular flexibility index (Phi) is 5.42. The fourth-order valence-electron chi connectivity index (χ4n) is 2.48. The number of nitriles is 1. The number of alkyl halides is 3. The van der Waals surface area contributed by atoms with Gasteiger partial charge in [-0.15, -0.1) is 0 Å². The average Bonchev–Trinajstić information content (AvgIpc) is 3.09. The van der Waals surface area contributed by atoms with Crippen molar-refractivity contribution >= 4 is 16.8 Å². The van der Waals surface area contributed by atoms with Gasteiger partial charge in [-0.2, -0.15) is 18.4 Å². The summed E-state index contributed by atoms with van der Waals surface area (Å²) in [6.07, 6.45) is -0.763. The van der Waals surface area contributed by atoms with Gasteiger partial charge in [0.05, 0.1) is 6.20 Å². The summed E-state index contributed by atoms with van der Waals surface area (Å²) in [6, 6.07) is 4.32. The highest BCUT2D eigenvalue weighted by Crippen LogP contribution is 2.32. The number of pyridine rings is 1. The van der Waals surface area contributed by atoms with Gasteiger partial charge in [-0.25, -0.2) is 15.0 Å². The van der Waals surface area contributed by atoms with E-state index in [4.69, 9.17) is 10.00 Å². The second-order valence-electron chi connectivity index (χ2n) is 6.54. The van der Waals surface area contributed by atoms with E-state index < -0.39 is 28.6 Å². The van der Waals surface area contributed by atoms with Crippen LogP contribution in [0, 0.1) is 11.3 Å². The molecule has 11 heteroatoms. The zero-order chi connectivity index (χ0) is 21.4. The van der Waals surface area contributed by atoms with E-state index in [0.717, 1.165) is 12.4 Å². The maximum absolute atomic E-state index is 12.9. The molecule has 0 radical (unpaired) electrons. The lowest BCUT2D eigenvalue weighted by Crippen LogP contribution is -2.25. The van der Waals surface area contributed by atoms with Gasteiger partial charge in [0.15, 0.2) is 10.5 Å². The summed E-state index contributed by atoms with van der Waals surface area (Å²) in [5, 5.41) is 9.12. The minimum Gasteiger partial charge on any atom is -0.611 e. The van der Waals surface area contributed by atoms with E-state index in [1.807, 2.05) is 6.07 Å². The number of nitrogens with zero attached hydrogens (tertiary/aromatic N) is 5. The highest BCUT2D eigenvalue weighted by molar-refractivity contribution is 7.91. The first-order valence-electron chi connectivity index (χ1n) is 8.45. The van der Waals surface area contributed by atoms with Crippen molar-refractivity contribution in [3.05, 3.63) is 36.5 Å². The molecule has 152 valence electrons. The maximum Gasteiger partial charge on any atom is 0.433 e. The number of ether oxygens (including phenoxy) is 1. The second-order valence-corrected chi connectivity index (χ2v) is 8.25. The monoisotopic (exact) mass is 423 g/mol. The van der Waals surface area contributed by atoms with Crippen molar-refractivity contribution in [2.75, 3.05) is 5.75 Å². The molecule has 0 aliphatic carbocycles. The summed E-state index contributed by atoms with van der Waals surface area (Å²) in [5.74, 6) is 0.536. The number of rotatable bonds is 5. The summed E-state index contributed by atoms with van der Waals surface area (Å²) in [6.45, 7) is 4.87. The molecule has 0 aliphatic rings. The molecule has 0 aromatic carbocycles. The lowest BCUT2D eigenvalue weighted by atomic mass is 10.2. The summed E-state index contributed by atoms with van der Waals surface area (Å²) in [4.78, 5) is 12.1. The van der Waals surface area contributed by atoms with Gasteiger partial charge in [0.1, 0.15) is 46.6 Å². The maximum atomic E-state index is 12.9. The van der Waals surface area contributed by atoms with Gasteiger partial charge in [0, 0.05) is 18.3 Å². The topological polar surface area (TPSA) is 99.2 Å². The van der Waals surface area contributed by atoms with Gasteiger partial charge < -0.3 is 9.29 Å². The van der Waals surface area contributed by atoms with Crippen molar-refractivity contribution < 1.29 is 22.5 Å². The van der Waals surface area contributed by atoms with E-state index in [2.05, 4.69) is 15.0 Å². The average molecular weight is 423 g/mol. The van der Waals surface area contributed by atoms with E-state index >= 15 is 0 Å². The zero-order valence-corrected chi connectivity index (χ0v) is 16.5. The van der Waals surface area contributed by atoms with Crippen LogP contribution in [-0.2, 0) is 17.4 Å². The van der Waals surface area contributed by atoms with Crippen molar-refractivity contribution in [3.8, 4) is 23.2 Å². The number of hydrogen-bond acceptors (Lipinski definition) is 6. The normalized spacial score (nSPS) is 13.3. The molecule has 3 aromatic rings. The first kappa shape index (κ1) is 20.9. The molecule has 0 saturated carbocycles. The minimum atomic E-state index is -4.59. The van der Waals surface area contributed by atoms with Crippen LogP contribution in [0.2, 0.25) is 0 Å². The van der Waals surface area contributed by atoms with Crippen LogP contribution >= 0.6 is 0 Å². The largest absolute Gasteiger partial charge is 0.611 e. The van der Waals surface area contributed by atoms with E-state index in [9.17, 15) is 17.7 Å². The number of fused-ring (bicyclic) bond motifs is 1. The molecule has 7 nitrogen and oxygen atoms in total. The van der Waals surface area contributed by atoms with Gasteiger partial charge in [0.25, 0.3) is 0 Å². The third-order valence-corrected chi connectivity index (χ3v) is 5.18. The number of imidazole rings is 1. The SMILES string of the molecule is CC[S+]([O-])c1cc(OC(C)(C)C#N)cnc1-c1cn2cnc(C(F)(F)F)cc2n1. The van der Waals surface area contributed by atoms with Crippen LogP contribution in [-0.4, -0.2) is 35.3 Å². The molecule has 0 saturated heterocycles. The van der Waals surface area contributed by atoms with Crippen LogP contribution in [0.25, 0.3) is 17.0 Å². The Bertz CT molecular complexity index is 1090. The zero-order valence-electron chi connectivity index (χ0n) is 15.7. The molecule has 29 heavy (non-hydrogen) atoms. The molecule has 0 N–H and O–H groups in total. The Hall–Kier alpha value is -2.84. The minimum absolute atomic E-state index is 0.0308. The highest BCUT2D eigenvalue weighted by Gasteiger charge is 2.33. The van der Waals surface area contributed by atoms with Gasteiger partial charge in [-0.3, -0.25) is 4.40 Å². The van der Waals surface area contributed by atoms with Gasteiger partial charge in [-0.05, 0) is 31.9 Å². The van der Waals surface area contributed by atoms with Crippen LogP contribution in [0.5, 0.6) is 5.75 Å². The summed E-state index contributed by atoms with van der Waals surface area (Å²) >= 11 is -1.45. The third kappa shape index (κ3) is 4.44. The fourth-order valence-corrected chi connectivity index (χ4v) is 3.41. The molecule has 0 bridgehead atoms. The van der Waals surface area contributed by atoms with Crippen molar-refractivity contribution in [1.29, 1.82) is 5.26 Å². The molecule has 0 aliphatic heterocycles. The molecule has 3 aromatic heterocycles. The van der Waals surface area contributed by atoms with Gasteiger partial charge >= 0.3 is 6.18 Å². The second kappa shape index (κ2) is 7.53. The van der Waals surface area contributed by atoms with Crippen molar-refractivity contribution in [2.24, 2.45) is 0 Å². The van der Waals surface area contributed by atoms with Crippen molar-refractivity contribution in [3.63, 3.8) is 0 Å². The van der Waals surface area contributed by atoms with Gasteiger partial charge in [-0.1, -0.05) is 0 Å². The van der Waals surface area contributed by atoms with Crippen LogP contribution < -0.4 is 4.74 Å². The van der Waals surface area contributed by atoms with E-state index in [1.54, 1.807) is 20.8 Å². The molecule has 0 spiro atoms. The lowest BCUT2D eigenvalue weighted by molar-refractivity contribution is -0.141. The fraction of sp³-hybridized carbons (Fsp3) is 0.333. The lowest BCUT2D eigenvalue weighted by Gasteiger charge is -2.19. The summed E-state index contributed by atoms with van der Waals surface area (Å²) in [5.41, 5.74) is -1.64. The predicted molar refractivity (Wildman–Crippen MR) is 98.5 cm³/mol. The van der Waals surface area contributed by atoms with Crippen molar-refractivity contribution in [2.45, 2.75) is 37.4 Å². The Morgan fingerprint density at radius 3 is 2.62 bits per heavy atom. The number of aromatic nitrogens is 4. The summed E-state index contributed by atoms with van der Waals surface area (Å²) in [7, 11) is 0. The Morgan fingerprint density at radius 2 is 2.00 bits per heavy atom. The quantitative estimate of drug-likeness (QED) is 0.581.